The highest BCUT2D eigenvalue weighted by molar-refractivity contribution is 5.96. The molecule has 1 fully saturated rings. The van der Waals surface area contributed by atoms with Crippen molar-refractivity contribution in [2.75, 3.05) is 0 Å². The van der Waals surface area contributed by atoms with Gasteiger partial charge in [0.05, 0.1) is 0 Å². The average Bonchev–Trinajstić information content (AvgIpc) is 2.65. The van der Waals surface area contributed by atoms with Crippen LogP contribution in [-0.4, -0.2) is 37.1 Å². The number of carbonyl (C=O) groups is 1. The van der Waals surface area contributed by atoms with Crippen LogP contribution in [0.25, 0.3) is 11.5 Å². The molecule has 0 radical (unpaired) electrons. The van der Waals surface area contributed by atoms with E-state index in [0.29, 0.717) is 11.6 Å². The zero-order valence-corrected chi connectivity index (χ0v) is 14.9. The largest absolute Gasteiger partial charge is 0.501 e. The smallest absolute Gasteiger partial charge is 0.274 e. The van der Waals surface area contributed by atoms with Crippen molar-refractivity contribution in [3.05, 3.63) is 30.1 Å². The van der Waals surface area contributed by atoms with Crippen LogP contribution in [0.1, 0.15) is 55.9 Å². The molecule has 138 valence electrons. The summed E-state index contributed by atoms with van der Waals surface area (Å²) in [4.78, 5) is 24.6. The van der Waals surface area contributed by atoms with Crippen molar-refractivity contribution in [1.82, 2.24) is 20.3 Å². The number of nitrogens with zero attached hydrogens (tertiary/aromatic N) is 3. The first-order chi connectivity index (χ1) is 12.5. The first kappa shape index (κ1) is 18.1. The summed E-state index contributed by atoms with van der Waals surface area (Å²) in [5.41, 5.74) is 0.167. The van der Waals surface area contributed by atoms with E-state index < -0.39 is 17.5 Å². The van der Waals surface area contributed by atoms with E-state index in [0.717, 1.165) is 6.42 Å². The highest BCUT2D eigenvalue weighted by Crippen LogP contribution is 2.29. The first-order valence-corrected chi connectivity index (χ1v) is 9.07. The number of hydrogen-bond donors (Lipinski definition) is 3. The van der Waals surface area contributed by atoms with Gasteiger partial charge in [0.2, 0.25) is 5.75 Å². The summed E-state index contributed by atoms with van der Waals surface area (Å²) in [6.07, 6.45) is 8.65. The molecule has 2 heterocycles. The SMILES string of the molecule is CC(CC1CCCCC1)NC(=O)c1nc(-c2ccccn2)nc(O)c1O. The van der Waals surface area contributed by atoms with Crippen LogP contribution < -0.4 is 5.32 Å². The number of aromatic hydroxyl groups is 2. The second-order valence-electron chi connectivity index (χ2n) is 6.90. The summed E-state index contributed by atoms with van der Waals surface area (Å²) in [6, 6.07) is 5.12. The maximum Gasteiger partial charge on any atom is 0.274 e. The van der Waals surface area contributed by atoms with E-state index in [1.165, 1.54) is 32.1 Å². The quantitative estimate of drug-likeness (QED) is 0.760. The minimum absolute atomic E-state index is 0.0413. The van der Waals surface area contributed by atoms with Gasteiger partial charge in [-0.1, -0.05) is 38.2 Å². The molecule has 0 aliphatic heterocycles. The van der Waals surface area contributed by atoms with E-state index >= 15 is 0 Å². The van der Waals surface area contributed by atoms with Crippen molar-refractivity contribution >= 4 is 5.91 Å². The van der Waals surface area contributed by atoms with E-state index in [2.05, 4.69) is 20.3 Å². The van der Waals surface area contributed by atoms with Gasteiger partial charge in [-0.15, -0.1) is 0 Å². The van der Waals surface area contributed by atoms with Gasteiger partial charge in [0.25, 0.3) is 11.8 Å². The zero-order chi connectivity index (χ0) is 18.5. The number of amides is 1. The molecule has 0 aromatic carbocycles. The van der Waals surface area contributed by atoms with Crippen LogP contribution in [0.2, 0.25) is 0 Å². The minimum atomic E-state index is -0.634. The molecule has 1 unspecified atom stereocenters. The van der Waals surface area contributed by atoms with Crippen LogP contribution in [0.3, 0.4) is 0 Å². The molecule has 0 bridgehead atoms. The molecule has 7 nitrogen and oxygen atoms in total. The predicted octanol–water partition coefficient (Wildman–Crippen LogP) is 3.04. The van der Waals surface area contributed by atoms with Gasteiger partial charge in [-0.2, -0.15) is 4.98 Å². The molecule has 2 aromatic heterocycles. The van der Waals surface area contributed by atoms with E-state index in [9.17, 15) is 15.0 Å². The molecule has 3 rings (SSSR count). The van der Waals surface area contributed by atoms with Gasteiger partial charge in [-0.05, 0) is 31.4 Å². The fourth-order valence-electron chi connectivity index (χ4n) is 3.48. The van der Waals surface area contributed by atoms with Crippen molar-refractivity contribution in [1.29, 1.82) is 0 Å². The Hall–Kier alpha value is -2.70. The molecule has 2 aromatic rings. The van der Waals surface area contributed by atoms with Gasteiger partial charge < -0.3 is 15.5 Å². The molecule has 1 aliphatic carbocycles. The average molecular weight is 356 g/mol. The van der Waals surface area contributed by atoms with Gasteiger partial charge in [0.15, 0.2) is 11.5 Å². The molecule has 0 spiro atoms. The number of hydrogen-bond acceptors (Lipinski definition) is 6. The highest BCUT2D eigenvalue weighted by Gasteiger charge is 2.23. The Morgan fingerprint density at radius 2 is 2.00 bits per heavy atom. The summed E-state index contributed by atoms with van der Waals surface area (Å²) in [5, 5.41) is 22.8. The Morgan fingerprint density at radius 1 is 1.23 bits per heavy atom. The Morgan fingerprint density at radius 3 is 2.69 bits per heavy atom. The van der Waals surface area contributed by atoms with E-state index in [1.807, 2.05) is 6.92 Å². The first-order valence-electron chi connectivity index (χ1n) is 9.07. The molecule has 0 saturated heterocycles. The summed E-state index contributed by atoms with van der Waals surface area (Å²) < 4.78 is 0. The lowest BCUT2D eigenvalue weighted by atomic mass is 9.85. The third kappa shape index (κ3) is 4.28. The lowest BCUT2D eigenvalue weighted by Gasteiger charge is -2.25. The second kappa shape index (κ2) is 8.12. The van der Waals surface area contributed by atoms with Gasteiger partial charge in [0, 0.05) is 12.2 Å². The van der Waals surface area contributed by atoms with Crippen LogP contribution in [0, 0.1) is 5.92 Å². The normalized spacial score (nSPS) is 16.2. The number of nitrogens with one attached hydrogen (secondary N) is 1. The second-order valence-corrected chi connectivity index (χ2v) is 6.90. The fourth-order valence-corrected chi connectivity index (χ4v) is 3.48. The molecule has 3 N–H and O–H groups in total. The number of rotatable bonds is 5. The van der Waals surface area contributed by atoms with Crippen LogP contribution in [-0.2, 0) is 0 Å². The Kier molecular flexibility index (Phi) is 5.65. The molecule has 1 aliphatic rings. The lowest BCUT2D eigenvalue weighted by molar-refractivity contribution is 0.0924. The topological polar surface area (TPSA) is 108 Å². The fraction of sp³-hybridized carbons (Fsp3) is 0.474. The molecule has 1 amide bonds. The number of aromatic nitrogens is 3. The van der Waals surface area contributed by atoms with Gasteiger partial charge in [0.1, 0.15) is 5.69 Å². The maximum absolute atomic E-state index is 12.6. The standard InChI is InChI=1S/C19H24N4O3/c1-12(11-13-7-3-2-4-8-13)21-18(25)15-16(24)19(26)23-17(22-15)14-9-5-6-10-20-14/h5-6,9-10,12-13,24H,2-4,7-8,11H2,1H3,(H,21,25)(H,22,23,26). The monoisotopic (exact) mass is 356 g/mol. The van der Waals surface area contributed by atoms with Crippen LogP contribution in [0.4, 0.5) is 0 Å². The summed E-state index contributed by atoms with van der Waals surface area (Å²) in [7, 11) is 0. The van der Waals surface area contributed by atoms with Crippen molar-refractivity contribution < 1.29 is 15.0 Å². The molecule has 1 saturated carbocycles. The summed E-state index contributed by atoms with van der Waals surface area (Å²) in [5.74, 6) is -1.07. The Balaban J connectivity index is 1.74. The zero-order valence-electron chi connectivity index (χ0n) is 14.9. The molecule has 26 heavy (non-hydrogen) atoms. The maximum atomic E-state index is 12.6. The Bertz CT molecular complexity index is 761. The van der Waals surface area contributed by atoms with Gasteiger partial charge in [-0.3, -0.25) is 9.78 Å². The van der Waals surface area contributed by atoms with E-state index in [1.54, 1.807) is 24.4 Å². The van der Waals surface area contributed by atoms with Crippen molar-refractivity contribution in [3.63, 3.8) is 0 Å². The van der Waals surface area contributed by atoms with Crippen LogP contribution >= 0.6 is 0 Å². The van der Waals surface area contributed by atoms with Crippen LogP contribution in [0.15, 0.2) is 24.4 Å². The van der Waals surface area contributed by atoms with E-state index in [-0.39, 0.29) is 17.6 Å². The van der Waals surface area contributed by atoms with Crippen molar-refractivity contribution in [3.8, 4) is 23.1 Å². The van der Waals surface area contributed by atoms with Gasteiger partial charge in [-0.25, -0.2) is 4.98 Å². The predicted molar refractivity (Wildman–Crippen MR) is 96.7 cm³/mol. The van der Waals surface area contributed by atoms with E-state index in [4.69, 9.17) is 0 Å². The summed E-state index contributed by atoms with van der Waals surface area (Å²) in [6.45, 7) is 1.95. The molecular formula is C19H24N4O3. The number of carbonyl (C=O) groups excluding carboxylic acids is 1. The van der Waals surface area contributed by atoms with Crippen molar-refractivity contribution in [2.24, 2.45) is 5.92 Å². The minimum Gasteiger partial charge on any atom is -0.501 e. The molecule has 7 heteroatoms. The van der Waals surface area contributed by atoms with Crippen molar-refractivity contribution in [2.45, 2.75) is 51.5 Å². The third-order valence-corrected chi connectivity index (χ3v) is 4.76. The molecular weight excluding hydrogens is 332 g/mol. The Labute approximate surface area is 152 Å². The lowest BCUT2D eigenvalue weighted by Crippen LogP contribution is -2.35. The molecule has 1 atom stereocenters. The third-order valence-electron chi connectivity index (χ3n) is 4.76. The highest BCUT2D eigenvalue weighted by atomic mass is 16.3. The van der Waals surface area contributed by atoms with Crippen LogP contribution in [0.5, 0.6) is 11.6 Å². The number of pyridine rings is 1. The van der Waals surface area contributed by atoms with Gasteiger partial charge >= 0.3 is 0 Å². The summed E-state index contributed by atoms with van der Waals surface area (Å²) >= 11 is 0.